The van der Waals surface area contributed by atoms with Crippen molar-refractivity contribution in [3.05, 3.63) is 94.0 Å². The Labute approximate surface area is 197 Å². The fourth-order valence-electron chi connectivity index (χ4n) is 3.57. The summed E-state index contributed by atoms with van der Waals surface area (Å²) < 4.78 is 28.3. The molecular formula is C27H32N2O3S. The molecule has 6 heteroatoms. The van der Waals surface area contributed by atoms with Crippen LogP contribution in [-0.4, -0.2) is 20.9 Å². The average molecular weight is 465 g/mol. The largest absolute Gasteiger partial charge is 0.348 e. The number of hydrogen-bond donors (Lipinski definition) is 1. The Morgan fingerprint density at radius 2 is 1.39 bits per heavy atom. The summed E-state index contributed by atoms with van der Waals surface area (Å²) >= 11 is 0. The number of benzene rings is 3. The van der Waals surface area contributed by atoms with E-state index in [9.17, 15) is 13.2 Å². The highest BCUT2D eigenvalue weighted by Crippen LogP contribution is 2.26. The zero-order valence-corrected chi connectivity index (χ0v) is 21.0. The van der Waals surface area contributed by atoms with Crippen molar-refractivity contribution >= 4 is 21.6 Å². The lowest BCUT2D eigenvalue weighted by Crippen LogP contribution is -2.41. The van der Waals surface area contributed by atoms with Gasteiger partial charge in [0.15, 0.2) is 0 Å². The van der Waals surface area contributed by atoms with Gasteiger partial charge < -0.3 is 5.32 Å². The minimum Gasteiger partial charge on any atom is -0.348 e. The first-order valence-corrected chi connectivity index (χ1v) is 12.5. The van der Waals surface area contributed by atoms with Crippen LogP contribution in [0.1, 0.15) is 46.3 Å². The summed E-state index contributed by atoms with van der Waals surface area (Å²) in [6, 6.07) is 17.9. The van der Waals surface area contributed by atoms with E-state index in [4.69, 9.17) is 0 Å². The zero-order chi connectivity index (χ0) is 24.3. The lowest BCUT2D eigenvalue weighted by Gasteiger charge is -2.26. The van der Waals surface area contributed by atoms with Crippen LogP contribution in [0.3, 0.4) is 0 Å². The first-order valence-electron chi connectivity index (χ1n) is 11.0. The molecule has 1 unspecified atom stereocenters. The molecule has 0 spiro atoms. The topological polar surface area (TPSA) is 66.5 Å². The average Bonchev–Trinajstić information content (AvgIpc) is 2.76. The Balaban J connectivity index is 1.92. The molecule has 0 aliphatic heterocycles. The Morgan fingerprint density at radius 3 is 1.97 bits per heavy atom. The number of carbonyl (C=O) groups is 1. The molecule has 1 atom stereocenters. The molecule has 1 N–H and O–H groups in total. The van der Waals surface area contributed by atoms with Gasteiger partial charge in [0.2, 0.25) is 5.91 Å². The smallest absolute Gasteiger partial charge is 0.264 e. The van der Waals surface area contributed by atoms with Gasteiger partial charge in [-0.1, -0.05) is 42.0 Å². The van der Waals surface area contributed by atoms with E-state index < -0.39 is 10.0 Å². The van der Waals surface area contributed by atoms with Gasteiger partial charge >= 0.3 is 0 Å². The highest BCUT2D eigenvalue weighted by atomic mass is 32.2. The number of aryl methyl sites for hydroxylation is 5. The Kier molecular flexibility index (Phi) is 7.28. The minimum absolute atomic E-state index is 0.154. The van der Waals surface area contributed by atoms with Gasteiger partial charge in [0.05, 0.1) is 16.6 Å². The summed E-state index contributed by atoms with van der Waals surface area (Å²) in [6.07, 6.45) is 0. The van der Waals surface area contributed by atoms with Crippen LogP contribution in [0.4, 0.5) is 5.69 Å². The second-order valence-corrected chi connectivity index (χ2v) is 10.6. The third-order valence-corrected chi connectivity index (χ3v) is 7.87. The van der Waals surface area contributed by atoms with Gasteiger partial charge in [-0.15, -0.1) is 0 Å². The molecule has 3 aromatic carbocycles. The van der Waals surface area contributed by atoms with Crippen LogP contribution in [0.2, 0.25) is 0 Å². The number of rotatable bonds is 7. The van der Waals surface area contributed by atoms with Crippen LogP contribution in [0.5, 0.6) is 0 Å². The van der Waals surface area contributed by atoms with Gasteiger partial charge in [0, 0.05) is 0 Å². The van der Waals surface area contributed by atoms with Crippen LogP contribution in [0.15, 0.2) is 65.6 Å². The molecule has 0 aliphatic rings. The molecule has 33 heavy (non-hydrogen) atoms. The Morgan fingerprint density at radius 1 is 0.818 bits per heavy atom. The maximum Gasteiger partial charge on any atom is 0.264 e. The van der Waals surface area contributed by atoms with Crippen molar-refractivity contribution in [1.82, 2.24) is 5.32 Å². The van der Waals surface area contributed by atoms with Crippen LogP contribution in [-0.2, 0) is 14.8 Å². The lowest BCUT2D eigenvalue weighted by atomic mass is 10.0. The number of amides is 1. The molecule has 0 fully saturated rings. The number of carbonyl (C=O) groups excluding carboxylic acids is 1. The predicted octanol–water partition coefficient (Wildman–Crippen LogP) is 5.30. The summed E-state index contributed by atoms with van der Waals surface area (Å²) in [4.78, 5) is 13.2. The number of hydrogen-bond acceptors (Lipinski definition) is 3. The van der Waals surface area contributed by atoms with Crippen LogP contribution in [0, 0.1) is 34.6 Å². The summed E-state index contributed by atoms with van der Waals surface area (Å²) in [5.74, 6) is -0.366. The van der Waals surface area contributed by atoms with Crippen molar-refractivity contribution in [1.29, 1.82) is 0 Å². The molecule has 1 amide bonds. The second-order valence-electron chi connectivity index (χ2n) is 8.73. The van der Waals surface area contributed by atoms with Crippen molar-refractivity contribution in [3.63, 3.8) is 0 Å². The molecule has 0 heterocycles. The van der Waals surface area contributed by atoms with Crippen molar-refractivity contribution < 1.29 is 13.2 Å². The van der Waals surface area contributed by atoms with E-state index >= 15 is 0 Å². The molecule has 0 aromatic heterocycles. The van der Waals surface area contributed by atoms with Crippen molar-refractivity contribution in [3.8, 4) is 0 Å². The molecular weight excluding hydrogens is 432 g/mol. The van der Waals surface area contributed by atoms with Crippen molar-refractivity contribution in [2.75, 3.05) is 10.8 Å². The second kappa shape index (κ2) is 9.79. The Bertz CT molecular complexity index is 1270. The number of anilines is 1. The Hall–Kier alpha value is -3.12. The van der Waals surface area contributed by atoms with E-state index in [1.165, 1.54) is 9.87 Å². The van der Waals surface area contributed by atoms with Gasteiger partial charge in [-0.05, 0) is 93.6 Å². The fraction of sp³-hybridized carbons (Fsp3) is 0.296. The van der Waals surface area contributed by atoms with E-state index in [2.05, 4.69) is 5.32 Å². The highest BCUT2D eigenvalue weighted by Gasteiger charge is 2.28. The summed E-state index contributed by atoms with van der Waals surface area (Å²) in [5.41, 5.74) is 6.75. The first-order chi connectivity index (χ1) is 15.5. The van der Waals surface area contributed by atoms with Gasteiger partial charge in [0.25, 0.3) is 10.0 Å². The molecule has 0 saturated carbocycles. The van der Waals surface area contributed by atoms with E-state index in [0.29, 0.717) is 5.69 Å². The number of sulfonamides is 1. The summed E-state index contributed by atoms with van der Waals surface area (Å²) in [6.45, 7) is 11.5. The fourth-order valence-corrected chi connectivity index (χ4v) is 4.98. The van der Waals surface area contributed by atoms with Crippen LogP contribution in [0.25, 0.3) is 0 Å². The summed E-state index contributed by atoms with van der Waals surface area (Å²) in [5, 5.41) is 2.96. The molecule has 0 saturated heterocycles. The normalized spacial score (nSPS) is 12.3. The standard InChI is InChI=1S/C27H32N2O3S/c1-18-7-13-26(14-8-18)33(31,32)29(25-12-10-20(3)22(5)16-25)17-27(30)28-23(6)24-11-9-19(2)21(4)15-24/h7-16,23H,17H2,1-6H3,(H,28,30). The maximum absolute atomic E-state index is 13.6. The minimum atomic E-state index is -3.94. The first kappa shape index (κ1) is 24.5. The van der Waals surface area contributed by atoms with E-state index in [0.717, 1.165) is 27.8 Å². The van der Waals surface area contributed by atoms with Gasteiger partial charge in [-0.25, -0.2) is 8.42 Å². The van der Waals surface area contributed by atoms with Crippen LogP contribution >= 0.6 is 0 Å². The van der Waals surface area contributed by atoms with Gasteiger partial charge in [0.1, 0.15) is 6.54 Å². The van der Waals surface area contributed by atoms with Crippen molar-refractivity contribution in [2.45, 2.75) is 52.5 Å². The lowest BCUT2D eigenvalue weighted by molar-refractivity contribution is -0.120. The van der Waals surface area contributed by atoms with E-state index in [1.807, 2.05) is 65.8 Å². The number of nitrogens with one attached hydrogen (secondary N) is 1. The predicted molar refractivity (Wildman–Crippen MR) is 134 cm³/mol. The van der Waals surface area contributed by atoms with Crippen LogP contribution < -0.4 is 9.62 Å². The van der Waals surface area contributed by atoms with E-state index in [-0.39, 0.29) is 23.4 Å². The molecule has 174 valence electrons. The molecule has 0 bridgehead atoms. The SMILES string of the molecule is Cc1ccc(S(=O)(=O)N(CC(=O)NC(C)c2ccc(C)c(C)c2)c2ccc(C)c(C)c2)cc1. The molecule has 3 aromatic rings. The molecule has 0 radical (unpaired) electrons. The quantitative estimate of drug-likeness (QED) is 0.516. The third-order valence-electron chi connectivity index (χ3n) is 6.08. The third kappa shape index (κ3) is 5.63. The monoisotopic (exact) mass is 464 g/mol. The van der Waals surface area contributed by atoms with Gasteiger partial charge in [-0.2, -0.15) is 0 Å². The van der Waals surface area contributed by atoms with E-state index in [1.54, 1.807) is 36.4 Å². The number of nitrogens with zero attached hydrogens (tertiary/aromatic N) is 1. The van der Waals surface area contributed by atoms with Gasteiger partial charge in [-0.3, -0.25) is 9.10 Å². The zero-order valence-electron chi connectivity index (χ0n) is 20.1. The highest BCUT2D eigenvalue weighted by molar-refractivity contribution is 7.92. The summed E-state index contributed by atoms with van der Waals surface area (Å²) in [7, 11) is -3.94. The maximum atomic E-state index is 13.6. The molecule has 3 rings (SSSR count). The van der Waals surface area contributed by atoms with Crippen molar-refractivity contribution in [2.24, 2.45) is 0 Å². The molecule has 0 aliphatic carbocycles. The molecule has 5 nitrogen and oxygen atoms in total.